The Balaban J connectivity index is 2.57. The van der Waals surface area contributed by atoms with Crippen molar-refractivity contribution in [2.75, 3.05) is 31.9 Å². The highest BCUT2D eigenvalue weighted by molar-refractivity contribution is 7.80. The van der Waals surface area contributed by atoms with Crippen molar-refractivity contribution in [3.05, 3.63) is 0 Å². The molecule has 0 bridgehead atoms. The second-order valence-electron chi connectivity index (χ2n) is 4.88. The third kappa shape index (κ3) is 4.38. The molecule has 1 aliphatic rings. The molecule has 1 heterocycles. The molecule has 0 aromatic heterocycles. The van der Waals surface area contributed by atoms with Crippen LogP contribution >= 0.6 is 12.6 Å². The van der Waals surface area contributed by atoms with E-state index in [0.29, 0.717) is 11.8 Å². The maximum atomic E-state index is 12.3. The lowest BCUT2D eigenvalue weighted by Crippen LogP contribution is -2.49. The van der Waals surface area contributed by atoms with E-state index in [0.717, 1.165) is 32.6 Å². The first-order valence-corrected chi connectivity index (χ1v) is 7.57. The highest BCUT2D eigenvalue weighted by Crippen LogP contribution is 2.16. The minimum atomic E-state index is -0.503. The molecule has 0 aromatic carbocycles. The predicted molar refractivity (Wildman–Crippen MR) is 79.4 cm³/mol. The lowest BCUT2D eigenvalue weighted by atomic mass is 10.2. The highest BCUT2D eigenvalue weighted by Gasteiger charge is 2.32. The van der Waals surface area contributed by atoms with Crippen molar-refractivity contribution in [1.82, 2.24) is 15.1 Å². The van der Waals surface area contributed by atoms with Gasteiger partial charge in [-0.3, -0.25) is 14.5 Å². The van der Waals surface area contributed by atoms with E-state index in [1.54, 1.807) is 0 Å². The van der Waals surface area contributed by atoms with E-state index in [9.17, 15) is 9.59 Å². The van der Waals surface area contributed by atoms with Crippen LogP contribution in [0.4, 0.5) is 0 Å². The van der Waals surface area contributed by atoms with Crippen molar-refractivity contribution in [1.29, 1.82) is 0 Å². The van der Waals surface area contributed by atoms with E-state index in [2.05, 4.69) is 36.7 Å². The number of hydrogen-bond donors (Lipinski definition) is 2. The molecule has 6 heteroatoms. The third-order valence-electron chi connectivity index (χ3n) is 3.66. The molecule has 1 saturated heterocycles. The molecule has 0 radical (unpaired) electrons. The Kier molecular flexibility index (Phi) is 6.65. The molecular formula is C13H25N3O2S. The number of carbonyl (C=O) groups excluding carboxylic acids is 2. The molecule has 110 valence electrons. The van der Waals surface area contributed by atoms with Gasteiger partial charge in [-0.1, -0.05) is 13.8 Å². The molecule has 19 heavy (non-hydrogen) atoms. The Hall–Kier alpha value is -0.750. The molecule has 2 atom stereocenters. The van der Waals surface area contributed by atoms with Crippen LogP contribution in [0.15, 0.2) is 0 Å². The maximum Gasteiger partial charge on any atom is 0.246 e. The van der Waals surface area contributed by atoms with E-state index in [1.165, 1.54) is 6.92 Å². The zero-order chi connectivity index (χ0) is 14.4. The molecule has 5 nitrogen and oxygen atoms in total. The first kappa shape index (κ1) is 16.3. The molecule has 1 fully saturated rings. The average molecular weight is 287 g/mol. The number of nitrogens with one attached hydrogen (secondary N) is 1. The summed E-state index contributed by atoms with van der Waals surface area (Å²) in [4.78, 5) is 27.6. The van der Waals surface area contributed by atoms with Crippen molar-refractivity contribution in [3.63, 3.8) is 0 Å². The second-order valence-corrected chi connectivity index (χ2v) is 5.25. The molecule has 2 amide bonds. The van der Waals surface area contributed by atoms with E-state index >= 15 is 0 Å². The summed E-state index contributed by atoms with van der Waals surface area (Å²) in [6.07, 6.45) is 1.01. The summed E-state index contributed by atoms with van der Waals surface area (Å²) in [6.45, 7) is 9.24. The van der Waals surface area contributed by atoms with Crippen molar-refractivity contribution in [2.24, 2.45) is 0 Å². The van der Waals surface area contributed by atoms with E-state index in [-0.39, 0.29) is 11.8 Å². The summed E-state index contributed by atoms with van der Waals surface area (Å²) < 4.78 is 0. The Morgan fingerprint density at radius 3 is 2.53 bits per heavy atom. The predicted octanol–water partition coefficient (Wildman–Crippen LogP) is 0.364. The molecule has 0 saturated carbocycles. The largest absolute Gasteiger partial charge is 0.344 e. The smallest absolute Gasteiger partial charge is 0.246 e. The number of carbonyl (C=O) groups is 2. The normalized spacial score (nSPS) is 20.7. The molecule has 0 spiro atoms. The maximum absolute atomic E-state index is 12.3. The summed E-state index contributed by atoms with van der Waals surface area (Å²) in [5.74, 6) is 0.136. The van der Waals surface area contributed by atoms with Gasteiger partial charge in [0.25, 0.3) is 0 Å². The molecule has 1 N–H and O–H groups in total. The van der Waals surface area contributed by atoms with Crippen LogP contribution in [0.3, 0.4) is 0 Å². The van der Waals surface area contributed by atoms with Gasteiger partial charge < -0.3 is 10.2 Å². The SMILES string of the molecule is CCN(CC)C1CCN(C(=O)C(CS)NC(C)=O)C1. The number of likely N-dealkylation sites (N-methyl/N-ethyl adjacent to an activating group) is 1. The van der Waals surface area contributed by atoms with Crippen LogP contribution in [0.25, 0.3) is 0 Å². The third-order valence-corrected chi connectivity index (χ3v) is 4.03. The minimum absolute atomic E-state index is 0.0140. The standard InChI is InChI=1S/C13H25N3O2S/c1-4-15(5-2)11-6-7-16(8-11)13(18)12(9-19)14-10(3)17/h11-12,19H,4-9H2,1-3H3,(H,14,17). The quantitative estimate of drug-likeness (QED) is 0.694. The zero-order valence-electron chi connectivity index (χ0n) is 12.1. The van der Waals surface area contributed by atoms with E-state index in [1.807, 2.05) is 4.90 Å². The topological polar surface area (TPSA) is 52.6 Å². The average Bonchev–Trinajstić information content (AvgIpc) is 2.86. The Morgan fingerprint density at radius 2 is 2.05 bits per heavy atom. The lowest BCUT2D eigenvalue weighted by Gasteiger charge is -2.27. The van der Waals surface area contributed by atoms with Gasteiger partial charge in [-0.2, -0.15) is 12.6 Å². The fourth-order valence-corrected chi connectivity index (χ4v) is 2.88. The van der Waals surface area contributed by atoms with Crippen LogP contribution in [0, 0.1) is 0 Å². The second kappa shape index (κ2) is 7.75. The molecule has 0 aliphatic carbocycles. The van der Waals surface area contributed by atoms with Gasteiger partial charge in [-0.05, 0) is 19.5 Å². The fraction of sp³-hybridized carbons (Fsp3) is 0.846. The summed E-state index contributed by atoms with van der Waals surface area (Å²) in [6, 6.07) is -0.0619. The van der Waals surface area contributed by atoms with Crippen molar-refractivity contribution in [3.8, 4) is 0 Å². The lowest BCUT2D eigenvalue weighted by molar-refractivity contribution is -0.134. The molecule has 2 unspecified atom stereocenters. The van der Waals surface area contributed by atoms with Crippen molar-refractivity contribution < 1.29 is 9.59 Å². The monoisotopic (exact) mass is 287 g/mol. The summed E-state index contributed by atoms with van der Waals surface area (Å²) in [7, 11) is 0. The number of rotatable bonds is 6. The number of hydrogen-bond acceptors (Lipinski definition) is 4. The van der Waals surface area contributed by atoms with Gasteiger partial charge in [0.1, 0.15) is 6.04 Å². The Bertz CT molecular complexity index is 321. The van der Waals surface area contributed by atoms with Gasteiger partial charge >= 0.3 is 0 Å². The van der Waals surface area contributed by atoms with Crippen LogP contribution in [0.2, 0.25) is 0 Å². The van der Waals surface area contributed by atoms with E-state index in [4.69, 9.17) is 0 Å². The number of nitrogens with zero attached hydrogens (tertiary/aromatic N) is 2. The molecule has 1 rings (SSSR count). The fourth-order valence-electron chi connectivity index (χ4n) is 2.63. The number of amides is 2. The molecular weight excluding hydrogens is 262 g/mol. The molecule has 0 aromatic rings. The first-order chi connectivity index (χ1) is 9.03. The van der Waals surface area contributed by atoms with Crippen LogP contribution in [0.1, 0.15) is 27.2 Å². The van der Waals surface area contributed by atoms with Crippen molar-refractivity contribution >= 4 is 24.4 Å². The Morgan fingerprint density at radius 1 is 1.42 bits per heavy atom. The highest BCUT2D eigenvalue weighted by atomic mass is 32.1. The summed E-state index contributed by atoms with van der Waals surface area (Å²) in [5.41, 5.74) is 0. The summed E-state index contributed by atoms with van der Waals surface area (Å²) in [5, 5.41) is 2.66. The minimum Gasteiger partial charge on any atom is -0.344 e. The van der Waals surface area contributed by atoms with Crippen molar-refractivity contribution in [2.45, 2.75) is 39.3 Å². The van der Waals surface area contributed by atoms with Gasteiger partial charge in [-0.15, -0.1) is 0 Å². The van der Waals surface area contributed by atoms with Crippen LogP contribution < -0.4 is 5.32 Å². The van der Waals surface area contributed by atoms with Crippen LogP contribution in [-0.4, -0.2) is 65.6 Å². The number of likely N-dealkylation sites (tertiary alicyclic amines) is 1. The summed E-state index contributed by atoms with van der Waals surface area (Å²) >= 11 is 4.15. The van der Waals surface area contributed by atoms with Gasteiger partial charge in [0.2, 0.25) is 11.8 Å². The zero-order valence-corrected chi connectivity index (χ0v) is 12.9. The van der Waals surface area contributed by atoms with Gasteiger partial charge in [0, 0.05) is 31.8 Å². The number of thiol groups is 1. The van der Waals surface area contributed by atoms with E-state index < -0.39 is 6.04 Å². The van der Waals surface area contributed by atoms with Gasteiger partial charge in [0.15, 0.2) is 0 Å². The Labute approximate surface area is 121 Å². The van der Waals surface area contributed by atoms with Crippen LogP contribution in [-0.2, 0) is 9.59 Å². The first-order valence-electron chi connectivity index (χ1n) is 6.94. The van der Waals surface area contributed by atoms with Gasteiger partial charge in [-0.25, -0.2) is 0 Å². The molecule has 1 aliphatic heterocycles. The van der Waals surface area contributed by atoms with Crippen LogP contribution in [0.5, 0.6) is 0 Å². The van der Waals surface area contributed by atoms with Gasteiger partial charge in [0.05, 0.1) is 0 Å².